The Labute approximate surface area is 320 Å². The monoisotopic (exact) mass is 788 g/mol. The molecule has 11 nitrogen and oxygen atoms in total. The number of aliphatic imine (C=N–C) groups is 1. The second-order valence-electron chi connectivity index (χ2n) is 13.7. The first-order valence-electron chi connectivity index (χ1n) is 17.3. The molecule has 0 radical (unpaired) electrons. The minimum Gasteiger partial charge on any atom is -0.345 e. The summed E-state index contributed by atoms with van der Waals surface area (Å²) in [5.41, 5.74) is 3.88. The standard InChI is InChI=1S/C39H36ClF3N8O3S/c1-22(2)51-14-13-28(46-51)20-35(52)44-33(17-23-15-26(41)19-27(42)16-23)39-45-32-18-24(29-7-5-6-8-31(29)43)9-10-25(32)21-50(39)34-12-11-30(40)36-37(34)49(3)47-38(36)48-55(4,53)54/h5-16,18-19,22,33H,17,20-21H2,1-4H3,(H,44,52)(H,47,48)/t33-/m0/s1. The number of nitrogens with one attached hydrogen (secondary N) is 2. The van der Waals surface area contributed by atoms with Crippen LogP contribution in [0.15, 0.2) is 90.1 Å². The lowest BCUT2D eigenvalue weighted by molar-refractivity contribution is -0.120. The number of sulfonamides is 1. The Bertz CT molecular complexity index is 2590. The fraction of sp³-hybridized carbons (Fsp3) is 0.231. The van der Waals surface area contributed by atoms with Gasteiger partial charge in [0.15, 0.2) is 5.82 Å². The van der Waals surface area contributed by atoms with Crippen molar-refractivity contribution in [3.63, 3.8) is 0 Å². The lowest BCUT2D eigenvalue weighted by Gasteiger charge is -2.36. The van der Waals surface area contributed by atoms with E-state index in [1.165, 1.54) is 22.9 Å². The summed E-state index contributed by atoms with van der Waals surface area (Å²) in [7, 11) is -2.12. The van der Waals surface area contributed by atoms with Crippen LogP contribution in [0.3, 0.4) is 0 Å². The highest BCUT2D eigenvalue weighted by atomic mass is 35.5. The molecule has 4 aromatic carbocycles. The van der Waals surface area contributed by atoms with Crippen molar-refractivity contribution >= 4 is 61.5 Å². The van der Waals surface area contributed by atoms with Gasteiger partial charge in [-0.05, 0) is 73.0 Å². The van der Waals surface area contributed by atoms with E-state index in [1.54, 1.807) is 66.5 Å². The first kappa shape index (κ1) is 37.6. The number of aromatic nitrogens is 4. The van der Waals surface area contributed by atoms with Crippen molar-refractivity contribution in [3.05, 3.63) is 124 Å². The van der Waals surface area contributed by atoms with Crippen LogP contribution >= 0.6 is 11.6 Å². The number of amidine groups is 1. The number of halogens is 4. The molecule has 3 heterocycles. The average Bonchev–Trinajstić information content (AvgIpc) is 3.71. The third kappa shape index (κ3) is 8.08. The summed E-state index contributed by atoms with van der Waals surface area (Å²) in [5, 5.41) is 12.5. The highest BCUT2D eigenvalue weighted by Gasteiger charge is 2.33. The van der Waals surface area contributed by atoms with Gasteiger partial charge in [-0.15, -0.1) is 0 Å². The van der Waals surface area contributed by atoms with Crippen molar-refractivity contribution in [2.24, 2.45) is 12.0 Å². The second-order valence-corrected chi connectivity index (χ2v) is 15.8. The minimum atomic E-state index is -3.75. The zero-order valence-corrected chi connectivity index (χ0v) is 31.8. The molecule has 6 aromatic rings. The Morgan fingerprint density at radius 1 is 0.964 bits per heavy atom. The maximum absolute atomic E-state index is 15.0. The maximum Gasteiger partial charge on any atom is 0.231 e. The predicted octanol–water partition coefficient (Wildman–Crippen LogP) is 7.48. The first-order valence-corrected chi connectivity index (χ1v) is 19.6. The maximum atomic E-state index is 15.0. The molecule has 1 aliphatic heterocycles. The Kier molecular flexibility index (Phi) is 10.2. The number of aryl methyl sites for hydroxylation is 1. The number of hydrogen-bond acceptors (Lipinski definition) is 7. The summed E-state index contributed by atoms with van der Waals surface area (Å²) < 4.78 is 74.5. The van der Waals surface area contributed by atoms with Crippen LogP contribution in [-0.2, 0) is 41.3 Å². The van der Waals surface area contributed by atoms with Gasteiger partial charge in [-0.1, -0.05) is 41.9 Å². The number of carbonyl (C=O) groups is 1. The second kappa shape index (κ2) is 14.9. The topological polar surface area (TPSA) is 127 Å². The van der Waals surface area contributed by atoms with Gasteiger partial charge in [0.05, 0.1) is 58.3 Å². The zero-order valence-electron chi connectivity index (χ0n) is 30.2. The lowest BCUT2D eigenvalue weighted by atomic mass is 9.98. The van der Waals surface area contributed by atoms with Crippen LogP contribution in [-0.4, -0.2) is 52.0 Å². The summed E-state index contributed by atoms with van der Waals surface area (Å²) in [4.78, 5) is 20.8. The van der Waals surface area contributed by atoms with Crippen LogP contribution in [0.1, 0.15) is 36.7 Å². The van der Waals surface area contributed by atoms with E-state index in [1.807, 2.05) is 24.8 Å². The molecule has 7 rings (SSSR count). The van der Waals surface area contributed by atoms with E-state index >= 15 is 0 Å². The van der Waals surface area contributed by atoms with Crippen LogP contribution in [0.25, 0.3) is 22.0 Å². The van der Waals surface area contributed by atoms with Crippen LogP contribution < -0.4 is 14.9 Å². The van der Waals surface area contributed by atoms with E-state index in [0.717, 1.165) is 17.9 Å². The SMILES string of the molecule is CC(C)n1ccc(CC(=O)N[C@@H](Cc2cc(F)cc(F)c2)C2=Nc3cc(-c4ccccc4F)ccc3CN2c2ccc(Cl)c3c(NS(C)(=O)=O)nn(C)c23)n1. The van der Waals surface area contributed by atoms with Gasteiger partial charge in [0.2, 0.25) is 15.9 Å². The number of rotatable bonds is 11. The summed E-state index contributed by atoms with van der Waals surface area (Å²) in [5.74, 6) is -2.13. The predicted molar refractivity (Wildman–Crippen MR) is 208 cm³/mol. The zero-order chi connectivity index (χ0) is 39.2. The third-order valence-corrected chi connectivity index (χ3v) is 10.0. The van der Waals surface area contributed by atoms with E-state index < -0.39 is 39.4 Å². The van der Waals surface area contributed by atoms with Gasteiger partial charge < -0.3 is 10.2 Å². The molecule has 16 heteroatoms. The number of carbonyl (C=O) groups excluding carboxylic acids is 1. The van der Waals surface area contributed by atoms with Crippen molar-refractivity contribution in [1.82, 2.24) is 24.9 Å². The molecule has 0 saturated heterocycles. The van der Waals surface area contributed by atoms with Crippen molar-refractivity contribution < 1.29 is 26.4 Å². The molecular formula is C39H36ClF3N8O3S. The summed E-state index contributed by atoms with van der Waals surface area (Å²) in [6, 6.07) is 19.0. The van der Waals surface area contributed by atoms with Crippen LogP contribution in [0, 0.1) is 17.5 Å². The van der Waals surface area contributed by atoms with Gasteiger partial charge in [-0.3, -0.25) is 18.9 Å². The van der Waals surface area contributed by atoms with Crippen molar-refractivity contribution in [2.45, 2.75) is 45.3 Å². The molecule has 0 unspecified atom stereocenters. The van der Waals surface area contributed by atoms with Crippen LogP contribution in [0.5, 0.6) is 0 Å². The van der Waals surface area contributed by atoms with E-state index in [-0.39, 0.29) is 47.7 Å². The largest absolute Gasteiger partial charge is 0.345 e. The van der Waals surface area contributed by atoms with Gasteiger partial charge in [0.1, 0.15) is 23.3 Å². The van der Waals surface area contributed by atoms with Gasteiger partial charge >= 0.3 is 0 Å². The van der Waals surface area contributed by atoms with Gasteiger partial charge in [-0.25, -0.2) is 26.6 Å². The van der Waals surface area contributed by atoms with Crippen molar-refractivity contribution in [1.29, 1.82) is 0 Å². The molecule has 2 aromatic heterocycles. The van der Waals surface area contributed by atoms with Crippen LogP contribution in [0.2, 0.25) is 5.02 Å². The summed E-state index contributed by atoms with van der Waals surface area (Å²) in [6.07, 6.45) is 2.61. The molecule has 0 aliphatic carbocycles. The molecule has 0 bridgehead atoms. The molecule has 1 aliphatic rings. The molecule has 0 spiro atoms. The molecule has 0 saturated carbocycles. The summed E-state index contributed by atoms with van der Waals surface area (Å²) >= 11 is 6.68. The average molecular weight is 789 g/mol. The highest BCUT2D eigenvalue weighted by molar-refractivity contribution is 7.92. The Balaban J connectivity index is 1.40. The number of anilines is 2. The Hall–Kier alpha value is -5.67. The van der Waals surface area contributed by atoms with Crippen molar-refractivity contribution in [2.75, 3.05) is 15.9 Å². The smallest absolute Gasteiger partial charge is 0.231 e. The number of hydrogen-bond donors (Lipinski definition) is 2. The summed E-state index contributed by atoms with van der Waals surface area (Å²) in [6.45, 7) is 4.10. The van der Waals surface area contributed by atoms with E-state index in [4.69, 9.17) is 16.6 Å². The number of fused-ring (bicyclic) bond motifs is 2. The molecule has 1 amide bonds. The minimum absolute atomic E-state index is 0.0122. The fourth-order valence-electron chi connectivity index (χ4n) is 6.74. The molecule has 55 heavy (non-hydrogen) atoms. The number of benzene rings is 4. The fourth-order valence-corrected chi connectivity index (χ4v) is 7.47. The van der Waals surface area contributed by atoms with E-state index in [9.17, 15) is 26.4 Å². The normalized spacial score (nSPS) is 13.5. The molecular weight excluding hydrogens is 753 g/mol. The number of nitrogens with zero attached hydrogens (tertiary/aromatic N) is 6. The molecule has 1 atom stereocenters. The van der Waals surface area contributed by atoms with Gasteiger partial charge in [0, 0.05) is 37.3 Å². The first-order chi connectivity index (χ1) is 26.1. The lowest BCUT2D eigenvalue weighted by Crippen LogP contribution is -2.51. The van der Waals surface area contributed by atoms with Gasteiger partial charge in [0.25, 0.3) is 0 Å². The molecule has 2 N–H and O–H groups in total. The van der Waals surface area contributed by atoms with Gasteiger partial charge in [-0.2, -0.15) is 10.2 Å². The molecule has 284 valence electrons. The van der Waals surface area contributed by atoms with Crippen molar-refractivity contribution in [3.8, 4) is 11.1 Å². The third-order valence-electron chi connectivity index (χ3n) is 9.14. The van der Waals surface area contributed by atoms with E-state index in [2.05, 4.69) is 20.2 Å². The highest BCUT2D eigenvalue weighted by Crippen LogP contribution is 2.41. The Morgan fingerprint density at radius 3 is 2.40 bits per heavy atom. The quantitative estimate of drug-likeness (QED) is 0.140. The molecule has 0 fully saturated rings. The van der Waals surface area contributed by atoms with E-state index in [0.29, 0.717) is 39.1 Å². The Morgan fingerprint density at radius 2 is 1.71 bits per heavy atom. The van der Waals surface area contributed by atoms with Crippen LogP contribution in [0.4, 0.5) is 30.4 Å². The number of amides is 1.